The van der Waals surface area contributed by atoms with Crippen LogP contribution in [0.4, 0.5) is 5.69 Å². The predicted octanol–water partition coefficient (Wildman–Crippen LogP) is 2.29. The van der Waals surface area contributed by atoms with Crippen molar-refractivity contribution in [1.29, 1.82) is 0 Å². The van der Waals surface area contributed by atoms with Crippen LogP contribution in [-0.4, -0.2) is 17.1 Å². The molecule has 0 radical (unpaired) electrons. The quantitative estimate of drug-likeness (QED) is 0.762. The molecule has 0 aromatic carbocycles. The number of nitrogens with one attached hydrogen (secondary N) is 1. The van der Waals surface area contributed by atoms with Gasteiger partial charge in [-0.3, -0.25) is 0 Å². The fourth-order valence-corrected chi connectivity index (χ4v) is 2.17. The van der Waals surface area contributed by atoms with Gasteiger partial charge in [0, 0.05) is 6.20 Å². The van der Waals surface area contributed by atoms with Crippen molar-refractivity contribution >= 4 is 5.69 Å². The second kappa shape index (κ2) is 2.87. The Balaban J connectivity index is 2.03. The zero-order valence-electron chi connectivity index (χ0n) is 9.26. The van der Waals surface area contributed by atoms with Gasteiger partial charge in [0.05, 0.1) is 6.54 Å². The second-order valence-corrected chi connectivity index (χ2v) is 4.58. The second-order valence-electron chi connectivity index (χ2n) is 4.58. The molecule has 1 fully saturated rings. The molecule has 0 bridgehead atoms. The van der Waals surface area contributed by atoms with Crippen LogP contribution in [0, 0.1) is 6.92 Å². The highest BCUT2D eigenvalue weighted by Crippen LogP contribution is 2.46. The normalized spacial score (nSPS) is 20.4. The van der Waals surface area contributed by atoms with Crippen molar-refractivity contribution < 1.29 is 4.74 Å². The summed E-state index contributed by atoms with van der Waals surface area (Å²) < 4.78 is 5.94. The topological polar surface area (TPSA) is 34.2 Å². The first-order valence-corrected chi connectivity index (χ1v) is 5.65. The van der Waals surface area contributed by atoms with Crippen molar-refractivity contribution in [3.8, 4) is 5.88 Å². The van der Waals surface area contributed by atoms with E-state index in [0.717, 1.165) is 37.4 Å². The minimum absolute atomic E-state index is 0.0835. The Bertz CT molecular complexity index is 410. The molecular weight excluding hydrogens is 188 g/mol. The Morgan fingerprint density at radius 2 is 2.33 bits per heavy atom. The maximum atomic E-state index is 5.94. The summed E-state index contributed by atoms with van der Waals surface area (Å²) >= 11 is 0. The van der Waals surface area contributed by atoms with Gasteiger partial charge in [0.15, 0.2) is 0 Å². The molecule has 15 heavy (non-hydrogen) atoms. The molecule has 2 heterocycles. The number of aromatic nitrogens is 1. The Morgan fingerprint density at radius 3 is 3.00 bits per heavy atom. The molecule has 1 N–H and O–H groups in total. The molecule has 1 aromatic rings. The Labute approximate surface area is 89.9 Å². The van der Waals surface area contributed by atoms with Crippen LogP contribution in [0.25, 0.3) is 0 Å². The van der Waals surface area contributed by atoms with Crippen LogP contribution in [0.2, 0.25) is 0 Å². The molecule has 3 heteroatoms. The molecule has 0 unspecified atom stereocenters. The Kier molecular flexibility index (Phi) is 1.73. The van der Waals surface area contributed by atoms with E-state index in [4.69, 9.17) is 4.74 Å². The van der Waals surface area contributed by atoms with Crippen molar-refractivity contribution in [3.63, 3.8) is 0 Å². The van der Waals surface area contributed by atoms with Crippen LogP contribution in [0.15, 0.2) is 6.20 Å². The summed E-state index contributed by atoms with van der Waals surface area (Å²) in [6, 6.07) is 0. The first-order chi connectivity index (χ1) is 7.24. The van der Waals surface area contributed by atoms with Gasteiger partial charge in [-0.25, -0.2) is 4.98 Å². The molecule has 1 aliphatic carbocycles. The standard InChI is InChI=1S/C12H16N2O/c1-3-9-6-13-11-10(8(9)2)14-7-12(15-11)4-5-12/h6,14H,3-5,7H2,1-2H3. The molecule has 3 nitrogen and oxygen atoms in total. The van der Waals surface area contributed by atoms with E-state index in [-0.39, 0.29) is 5.60 Å². The molecule has 0 amide bonds. The Hall–Kier alpha value is -1.25. The lowest BCUT2D eigenvalue weighted by atomic mass is 10.1. The number of ether oxygens (including phenoxy) is 1. The number of rotatable bonds is 1. The summed E-state index contributed by atoms with van der Waals surface area (Å²) in [6.45, 7) is 5.23. The zero-order chi connectivity index (χ0) is 10.5. The van der Waals surface area contributed by atoms with Crippen LogP contribution in [-0.2, 0) is 6.42 Å². The zero-order valence-corrected chi connectivity index (χ0v) is 9.26. The summed E-state index contributed by atoms with van der Waals surface area (Å²) in [5.41, 5.74) is 3.78. The number of pyridine rings is 1. The highest BCUT2D eigenvalue weighted by molar-refractivity contribution is 5.62. The summed E-state index contributed by atoms with van der Waals surface area (Å²) in [7, 11) is 0. The lowest BCUT2D eigenvalue weighted by Gasteiger charge is -2.28. The minimum atomic E-state index is 0.0835. The van der Waals surface area contributed by atoms with Gasteiger partial charge in [-0.2, -0.15) is 0 Å². The van der Waals surface area contributed by atoms with E-state index < -0.39 is 0 Å². The molecular formula is C12H16N2O. The number of anilines is 1. The monoisotopic (exact) mass is 204 g/mol. The molecule has 80 valence electrons. The number of hydrogen-bond donors (Lipinski definition) is 1. The minimum Gasteiger partial charge on any atom is -0.468 e. The molecule has 1 aliphatic heterocycles. The van der Waals surface area contributed by atoms with Crippen molar-refractivity contribution in [1.82, 2.24) is 4.98 Å². The first kappa shape index (κ1) is 9.01. The third-order valence-electron chi connectivity index (χ3n) is 3.50. The van der Waals surface area contributed by atoms with Gasteiger partial charge in [0.25, 0.3) is 0 Å². The van der Waals surface area contributed by atoms with Crippen molar-refractivity contribution in [2.24, 2.45) is 0 Å². The predicted molar refractivity (Wildman–Crippen MR) is 59.4 cm³/mol. The van der Waals surface area contributed by atoms with Gasteiger partial charge < -0.3 is 10.1 Å². The third kappa shape index (κ3) is 1.29. The average Bonchev–Trinajstić information content (AvgIpc) is 2.98. The van der Waals surface area contributed by atoms with Crippen molar-refractivity contribution in [3.05, 3.63) is 17.3 Å². The van der Waals surface area contributed by atoms with Crippen LogP contribution in [0.1, 0.15) is 30.9 Å². The number of fused-ring (bicyclic) bond motifs is 1. The lowest BCUT2D eigenvalue weighted by molar-refractivity contribution is 0.175. The van der Waals surface area contributed by atoms with Gasteiger partial charge in [0.1, 0.15) is 11.3 Å². The van der Waals surface area contributed by atoms with Crippen LogP contribution >= 0.6 is 0 Å². The van der Waals surface area contributed by atoms with Gasteiger partial charge in [-0.15, -0.1) is 0 Å². The van der Waals surface area contributed by atoms with E-state index in [0.29, 0.717) is 0 Å². The van der Waals surface area contributed by atoms with Crippen LogP contribution < -0.4 is 10.1 Å². The highest BCUT2D eigenvalue weighted by atomic mass is 16.5. The summed E-state index contributed by atoms with van der Waals surface area (Å²) in [5, 5.41) is 3.47. The molecule has 3 rings (SSSR count). The smallest absolute Gasteiger partial charge is 0.238 e. The summed E-state index contributed by atoms with van der Waals surface area (Å²) in [5.74, 6) is 0.799. The first-order valence-electron chi connectivity index (χ1n) is 5.65. The molecule has 1 saturated carbocycles. The molecule has 1 aromatic heterocycles. The maximum Gasteiger partial charge on any atom is 0.238 e. The summed E-state index contributed by atoms with van der Waals surface area (Å²) in [6.07, 6.45) is 5.29. The molecule has 0 saturated heterocycles. The molecule has 0 atom stereocenters. The van der Waals surface area contributed by atoms with E-state index in [9.17, 15) is 0 Å². The average molecular weight is 204 g/mol. The fourth-order valence-electron chi connectivity index (χ4n) is 2.17. The van der Waals surface area contributed by atoms with E-state index >= 15 is 0 Å². The largest absolute Gasteiger partial charge is 0.468 e. The van der Waals surface area contributed by atoms with Gasteiger partial charge in [0.2, 0.25) is 5.88 Å². The Morgan fingerprint density at radius 1 is 1.53 bits per heavy atom. The van der Waals surface area contributed by atoms with Crippen molar-refractivity contribution in [2.45, 2.75) is 38.7 Å². The SMILES string of the molecule is CCc1cnc2c(c1C)NCC1(CC1)O2. The fraction of sp³-hybridized carbons (Fsp3) is 0.583. The van der Waals surface area contributed by atoms with E-state index in [1.165, 1.54) is 11.1 Å². The lowest BCUT2D eigenvalue weighted by Crippen LogP contribution is -2.33. The van der Waals surface area contributed by atoms with Gasteiger partial charge in [-0.1, -0.05) is 6.92 Å². The molecule has 2 aliphatic rings. The van der Waals surface area contributed by atoms with Crippen molar-refractivity contribution in [2.75, 3.05) is 11.9 Å². The van der Waals surface area contributed by atoms with E-state index in [1.54, 1.807) is 0 Å². The highest BCUT2D eigenvalue weighted by Gasteiger charge is 2.48. The van der Waals surface area contributed by atoms with Crippen LogP contribution in [0.5, 0.6) is 5.88 Å². The van der Waals surface area contributed by atoms with E-state index in [2.05, 4.69) is 24.1 Å². The maximum absolute atomic E-state index is 5.94. The van der Waals surface area contributed by atoms with Gasteiger partial charge in [-0.05, 0) is 37.3 Å². The third-order valence-corrected chi connectivity index (χ3v) is 3.50. The number of aryl methyl sites for hydroxylation is 1. The van der Waals surface area contributed by atoms with E-state index in [1.807, 2.05) is 6.20 Å². The number of hydrogen-bond acceptors (Lipinski definition) is 3. The van der Waals surface area contributed by atoms with Gasteiger partial charge >= 0.3 is 0 Å². The summed E-state index contributed by atoms with van der Waals surface area (Å²) in [4.78, 5) is 4.40. The van der Waals surface area contributed by atoms with Crippen LogP contribution in [0.3, 0.4) is 0 Å². The molecule has 1 spiro atoms. The number of nitrogens with zero attached hydrogens (tertiary/aromatic N) is 1.